The van der Waals surface area contributed by atoms with Crippen LogP contribution in [-0.4, -0.2) is 20.3 Å². The third-order valence-corrected chi connectivity index (χ3v) is 3.62. The molecule has 0 amide bonds. The van der Waals surface area contributed by atoms with E-state index in [1.807, 2.05) is 6.07 Å². The zero-order valence-corrected chi connectivity index (χ0v) is 14.4. The third-order valence-electron chi connectivity index (χ3n) is 2.84. The Morgan fingerprint density at radius 2 is 1.61 bits per heavy atom. The molecule has 0 aliphatic carbocycles. The molecule has 0 radical (unpaired) electrons. The first kappa shape index (κ1) is 17.6. The van der Waals surface area contributed by atoms with Gasteiger partial charge >= 0.3 is 0 Å². The van der Waals surface area contributed by atoms with Crippen LogP contribution in [0.4, 0.5) is 0 Å². The molecule has 7 heteroatoms. The van der Waals surface area contributed by atoms with Crippen LogP contribution in [0.3, 0.4) is 0 Å². The highest BCUT2D eigenvalue weighted by Crippen LogP contribution is 2.35. The largest absolute Gasteiger partial charge is 0.493 e. The third kappa shape index (κ3) is 4.59. The van der Waals surface area contributed by atoms with Crippen LogP contribution < -0.4 is 14.2 Å². The Morgan fingerprint density at radius 1 is 0.957 bits per heavy atom. The molecule has 0 saturated carbocycles. The number of hydrogen-bond donors (Lipinski definition) is 0. The van der Waals surface area contributed by atoms with E-state index in [-0.39, 0.29) is 13.2 Å². The summed E-state index contributed by atoms with van der Waals surface area (Å²) >= 11 is 17.9. The second-order valence-corrected chi connectivity index (χ2v) is 5.62. The maximum atomic E-state index is 8.92. The van der Waals surface area contributed by atoms with Crippen LogP contribution in [0.25, 0.3) is 0 Å². The smallest absolute Gasteiger partial charge is 0.162 e. The Balaban J connectivity index is 1.97. The summed E-state index contributed by atoms with van der Waals surface area (Å²) in [6, 6.07) is 10.0. The molecule has 0 N–H and O–H groups in total. The van der Waals surface area contributed by atoms with Crippen LogP contribution in [-0.2, 0) is 0 Å². The predicted molar refractivity (Wildman–Crippen MR) is 90.2 cm³/mol. The molecule has 0 fully saturated rings. The molecule has 0 unspecified atom stereocenters. The first-order chi connectivity index (χ1) is 11.0. The minimum absolute atomic E-state index is 0.209. The molecule has 4 nitrogen and oxygen atoms in total. The lowest BCUT2D eigenvalue weighted by atomic mass is 10.2. The van der Waals surface area contributed by atoms with Crippen LogP contribution in [0.2, 0.25) is 15.1 Å². The summed E-state index contributed by atoms with van der Waals surface area (Å²) in [5.41, 5.74) is 0.477. The molecule has 0 spiro atoms. The molecule has 2 rings (SSSR count). The highest BCUT2D eigenvalue weighted by molar-refractivity contribution is 6.40. The Bertz CT molecular complexity index is 721. The summed E-state index contributed by atoms with van der Waals surface area (Å²) in [6.07, 6.45) is 0. The molecule has 0 aliphatic heterocycles. The van der Waals surface area contributed by atoms with E-state index in [4.69, 9.17) is 54.3 Å². The van der Waals surface area contributed by atoms with E-state index >= 15 is 0 Å². The topological polar surface area (TPSA) is 51.5 Å². The summed E-state index contributed by atoms with van der Waals surface area (Å²) < 4.78 is 16.3. The van der Waals surface area contributed by atoms with Crippen molar-refractivity contribution in [2.24, 2.45) is 0 Å². The van der Waals surface area contributed by atoms with Crippen molar-refractivity contribution < 1.29 is 14.2 Å². The highest BCUT2D eigenvalue weighted by Gasteiger charge is 2.10. The fraction of sp³-hybridized carbons (Fsp3) is 0.188. The monoisotopic (exact) mass is 371 g/mol. The van der Waals surface area contributed by atoms with E-state index in [1.165, 1.54) is 7.11 Å². The fourth-order valence-electron chi connectivity index (χ4n) is 1.82. The number of halogens is 3. The molecule has 2 aromatic rings. The number of methoxy groups -OCH3 is 1. The average molecular weight is 373 g/mol. The molecule has 120 valence electrons. The van der Waals surface area contributed by atoms with Gasteiger partial charge in [-0.2, -0.15) is 5.26 Å². The molecule has 0 heterocycles. The van der Waals surface area contributed by atoms with Gasteiger partial charge in [0, 0.05) is 11.1 Å². The number of hydrogen-bond acceptors (Lipinski definition) is 4. The van der Waals surface area contributed by atoms with Crippen molar-refractivity contribution >= 4 is 34.8 Å². The first-order valence-corrected chi connectivity index (χ1v) is 7.67. The summed E-state index contributed by atoms with van der Waals surface area (Å²) in [5.74, 6) is 1.34. The molecule has 2 aromatic carbocycles. The molecule has 0 bridgehead atoms. The standard InChI is InChI=1S/C16H12Cl3NO3/c1-21-14-3-2-10(9-20)6-15(14)22-4-5-23-16-12(18)7-11(17)8-13(16)19/h2-3,6-8H,4-5H2,1H3. The maximum absolute atomic E-state index is 8.92. The zero-order valence-electron chi connectivity index (χ0n) is 12.1. The van der Waals surface area contributed by atoms with Gasteiger partial charge in [-0.15, -0.1) is 0 Å². The molecule has 0 aromatic heterocycles. The second kappa shape index (κ2) is 8.16. The van der Waals surface area contributed by atoms with Gasteiger partial charge in [-0.3, -0.25) is 0 Å². The predicted octanol–water partition coefficient (Wildman–Crippen LogP) is 4.98. The summed E-state index contributed by atoms with van der Waals surface area (Å²) in [6.45, 7) is 0.432. The summed E-state index contributed by atoms with van der Waals surface area (Å²) in [5, 5.41) is 10.0. The van der Waals surface area contributed by atoms with Crippen molar-refractivity contribution in [2.45, 2.75) is 0 Å². The minimum Gasteiger partial charge on any atom is -0.493 e. The second-order valence-electron chi connectivity index (χ2n) is 4.37. The van der Waals surface area contributed by atoms with E-state index in [0.717, 1.165) is 0 Å². The number of nitriles is 1. The molecule has 0 atom stereocenters. The zero-order chi connectivity index (χ0) is 16.8. The number of nitrogens with zero attached hydrogens (tertiary/aromatic N) is 1. The summed E-state index contributed by atoms with van der Waals surface area (Å²) in [4.78, 5) is 0. The first-order valence-electron chi connectivity index (χ1n) is 6.53. The van der Waals surface area contributed by atoms with Gasteiger partial charge in [-0.05, 0) is 24.3 Å². The fourth-order valence-corrected chi connectivity index (χ4v) is 2.75. The van der Waals surface area contributed by atoms with Crippen molar-refractivity contribution in [1.29, 1.82) is 5.26 Å². The lowest BCUT2D eigenvalue weighted by Crippen LogP contribution is -2.10. The van der Waals surface area contributed by atoms with Gasteiger partial charge in [-0.25, -0.2) is 0 Å². The molecule has 0 saturated heterocycles. The molecule has 23 heavy (non-hydrogen) atoms. The number of ether oxygens (including phenoxy) is 3. The van der Waals surface area contributed by atoms with Gasteiger partial charge in [0.05, 0.1) is 28.8 Å². The van der Waals surface area contributed by atoms with Crippen LogP contribution >= 0.6 is 34.8 Å². The normalized spacial score (nSPS) is 10.0. The molecule has 0 aliphatic rings. The highest BCUT2D eigenvalue weighted by atomic mass is 35.5. The molecular weight excluding hydrogens is 361 g/mol. The van der Waals surface area contributed by atoms with Crippen LogP contribution in [0.15, 0.2) is 30.3 Å². The van der Waals surface area contributed by atoms with Crippen molar-refractivity contribution in [3.05, 3.63) is 51.0 Å². The van der Waals surface area contributed by atoms with Crippen molar-refractivity contribution in [1.82, 2.24) is 0 Å². The lowest BCUT2D eigenvalue weighted by Gasteiger charge is -2.13. The Morgan fingerprint density at radius 3 is 2.22 bits per heavy atom. The van der Waals surface area contributed by atoms with E-state index in [9.17, 15) is 0 Å². The van der Waals surface area contributed by atoms with Crippen LogP contribution in [0.1, 0.15) is 5.56 Å². The number of benzene rings is 2. The average Bonchev–Trinajstić information content (AvgIpc) is 2.53. The van der Waals surface area contributed by atoms with Crippen molar-refractivity contribution in [2.75, 3.05) is 20.3 Å². The van der Waals surface area contributed by atoms with Crippen molar-refractivity contribution in [3.8, 4) is 23.3 Å². The Labute approximate surface area is 149 Å². The van der Waals surface area contributed by atoms with Gasteiger partial charge in [0.15, 0.2) is 17.2 Å². The molecular formula is C16H12Cl3NO3. The number of rotatable bonds is 6. The van der Waals surface area contributed by atoms with E-state index in [0.29, 0.717) is 37.9 Å². The van der Waals surface area contributed by atoms with E-state index in [2.05, 4.69) is 0 Å². The van der Waals surface area contributed by atoms with Crippen molar-refractivity contribution in [3.63, 3.8) is 0 Å². The van der Waals surface area contributed by atoms with Crippen LogP contribution in [0.5, 0.6) is 17.2 Å². The Hall–Kier alpha value is -1.80. The van der Waals surface area contributed by atoms with Gasteiger partial charge in [0.25, 0.3) is 0 Å². The maximum Gasteiger partial charge on any atom is 0.162 e. The van der Waals surface area contributed by atoms with Gasteiger partial charge in [0.1, 0.15) is 13.2 Å². The quantitative estimate of drug-likeness (QED) is 0.671. The van der Waals surface area contributed by atoms with Gasteiger partial charge < -0.3 is 14.2 Å². The van der Waals surface area contributed by atoms with Crippen LogP contribution in [0, 0.1) is 11.3 Å². The Kier molecular flexibility index (Phi) is 6.23. The SMILES string of the molecule is COc1ccc(C#N)cc1OCCOc1c(Cl)cc(Cl)cc1Cl. The van der Waals surface area contributed by atoms with Gasteiger partial charge in [-0.1, -0.05) is 34.8 Å². The van der Waals surface area contributed by atoms with E-state index < -0.39 is 0 Å². The summed E-state index contributed by atoms with van der Waals surface area (Å²) in [7, 11) is 1.53. The van der Waals surface area contributed by atoms with Gasteiger partial charge in [0.2, 0.25) is 0 Å². The lowest BCUT2D eigenvalue weighted by molar-refractivity contribution is 0.211. The minimum atomic E-state index is 0.209. The van der Waals surface area contributed by atoms with E-state index in [1.54, 1.807) is 30.3 Å².